The predicted molar refractivity (Wildman–Crippen MR) is 226 cm³/mol. The lowest BCUT2D eigenvalue weighted by Crippen LogP contribution is -2.60. The van der Waals surface area contributed by atoms with E-state index in [1.54, 1.807) is 25.2 Å². The number of benzene rings is 1. The molecule has 4 N–H and O–H groups in total. The number of imide groups is 1. The maximum atomic E-state index is 16.1. The molecule has 5 aliphatic heterocycles. The van der Waals surface area contributed by atoms with E-state index < -0.39 is 41.8 Å². The maximum absolute atomic E-state index is 16.1. The van der Waals surface area contributed by atoms with Crippen LogP contribution in [0.5, 0.6) is 0 Å². The summed E-state index contributed by atoms with van der Waals surface area (Å²) in [5.41, 5.74) is 6.54. The highest BCUT2D eigenvalue weighted by atomic mass is 19.3. The zero-order valence-corrected chi connectivity index (χ0v) is 35.2. The fraction of sp³-hybridized carbons (Fsp3) is 0.558. The number of rotatable bonds is 10. The van der Waals surface area contributed by atoms with Gasteiger partial charge in [-0.3, -0.25) is 38.4 Å². The average Bonchev–Trinajstić information content (AvgIpc) is 4.06. The number of halogens is 4. The van der Waals surface area contributed by atoms with Crippen LogP contribution in [0, 0.1) is 11.8 Å². The van der Waals surface area contributed by atoms with E-state index in [0.717, 1.165) is 18.3 Å². The minimum atomic E-state index is -2.98. The molecule has 340 valence electrons. The minimum Gasteiger partial charge on any atom is -0.404 e. The van der Waals surface area contributed by atoms with Crippen LogP contribution in [0.1, 0.15) is 81.4 Å². The molecule has 1 aromatic carbocycles. The first-order valence-corrected chi connectivity index (χ1v) is 22.0. The molecule has 64 heavy (non-hydrogen) atoms. The topological polar surface area (TPSA) is 191 Å². The number of hydrogen-bond acceptors (Lipinski definition) is 12. The largest absolute Gasteiger partial charge is 0.404 e. The molecule has 4 atom stereocenters. The van der Waals surface area contributed by atoms with E-state index in [2.05, 4.69) is 30.6 Å². The first kappa shape index (κ1) is 42.1. The normalized spacial score (nSPS) is 27.7. The lowest BCUT2D eigenvalue weighted by molar-refractivity contribution is -0.142. The summed E-state index contributed by atoms with van der Waals surface area (Å²) in [6, 6.07) is 6.12. The van der Waals surface area contributed by atoms with Crippen molar-refractivity contribution in [2.45, 2.75) is 94.0 Å². The van der Waals surface area contributed by atoms with Crippen molar-refractivity contribution >= 4 is 51.5 Å². The van der Waals surface area contributed by atoms with Crippen molar-refractivity contribution in [3.05, 3.63) is 64.9 Å². The van der Waals surface area contributed by atoms with Crippen molar-refractivity contribution in [2.75, 3.05) is 54.4 Å². The molecule has 6 fully saturated rings. The molecule has 2 bridgehead atoms. The Hall–Kier alpha value is -5.83. The second kappa shape index (κ2) is 16.3. The third kappa shape index (κ3) is 7.38. The lowest BCUT2D eigenvalue weighted by atomic mass is 9.76. The zero-order chi connectivity index (χ0) is 44.6. The van der Waals surface area contributed by atoms with Crippen LogP contribution in [-0.2, 0) is 26.2 Å². The quantitative estimate of drug-likeness (QED) is 0.119. The molecule has 10 rings (SSSR count). The number of likely N-dealkylation sites (tertiary alicyclic amines) is 1. The SMILES string of the molecule is Cn1c(=O)n(C2CCC(=O)NC2=O)c2cccc(N3CC(C4CCN(C5CCC(n6cc(NC(=O)/C(=C/N)c7nccc(N8C[C@H]9C[C@@H]8CO9)n7)c(C(F)F)n6)CC5)CC4(F)F)C3)c21. The number of piperidine rings is 2. The number of hydrogen-bond donors (Lipinski definition) is 3. The summed E-state index contributed by atoms with van der Waals surface area (Å²) in [6.45, 7) is 2.19. The smallest absolute Gasteiger partial charge is 0.329 e. The monoisotopic (exact) mass is 890 g/mol. The number of carbonyl (C=O) groups excluding carboxylic acids is 3. The number of aromatic nitrogens is 6. The van der Waals surface area contributed by atoms with Crippen LogP contribution in [0.25, 0.3) is 16.6 Å². The molecule has 17 nitrogen and oxygen atoms in total. The predicted octanol–water partition coefficient (Wildman–Crippen LogP) is 3.73. The molecule has 5 saturated heterocycles. The number of morpholine rings is 1. The number of nitrogens with zero attached hydrogens (tertiary/aromatic N) is 9. The van der Waals surface area contributed by atoms with E-state index in [1.165, 1.54) is 26.2 Å². The molecule has 2 unspecified atom stereocenters. The van der Waals surface area contributed by atoms with Crippen molar-refractivity contribution in [3.63, 3.8) is 0 Å². The van der Waals surface area contributed by atoms with Gasteiger partial charge in [0.25, 0.3) is 18.3 Å². The summed E-state index contributed by atoms with van der Waals surface area (Å²) in [6.07, 6.45) is 4.87. The summed E-state index contributed by atoms with van der Waals surface area (Å²) in [5.74, 6) is -5.01. The Morgan fingerprint density at radius 2 is 1.81 bits per heavy atom. The molecule has 1 aliphatic carbocycles. The second-order valence-electron chi connectivity index (χ2n) is 18.1. The highest BCUT2D eigenvalue weighted by Gasteiger charge is 2.52. The number of carbonyl (C=O) groups is 3. The third-order valence-electron chi connectivity index (χ3n) is 14.4. The molecule has 0 radical (unpaired) electrons. The lowest BCUT2D eigenvalue weighted by Gasteiger charge is -2.51. The number of nitrogens with two attached hydrogens (primary N) is 1. The number of alkyl halides is 4. The first-order valence-electron chi connectivity index (χ1n) is 22.0. The molecule has 1 saturated carbocycles. The number of ether oxygens (including phenoxy) is 1. The second-order valence-corrected chi connectivity index (χ2v) is 18.1. The number of amides is 3. The summed E-state index contributed by atoms with van der Waals surface area (Å²) in [7, 11) is 1.63. The Bertz CT molecular complexity index is 2580. The van der Waals surface area contributed by atoms with Crippen molar-refractivity contribution in [3.8, 4) is 0 Å². The number of nitrogens with one attached hydrogen (secondary N) is 2. The van der Waals surface area contributed by atoms with Gasteiger partial charge < -0.3 is 25.6 Å². The van der Waals surface area contributed by atoms with E-state index >= 15 is 8.78 Å². The number of fused-ring (bicyclic) bond motifs is 3. The first-order chi connectivity index (χ1) is 30.8. The van der Waals surface area contributed by atoms with Crippen molar-refractivity contribution in [1.29, 1.82) is 0 Å². The molecule has 3 aromatic heterocycles. The molecule has 21 heteroatoms. The van der Waals surface area contributed by atoms with Gasteiger partial charge >= 0.3 is 5.69 Å². The molecule has 3 amide bonds. The Labute approximate surface area is 364 Å². The van der Waals surface area contributed by atoms with Gasteiger partial charge in [-0.15, -0.1) is 0 Å². The molecular weight excluding hydrogens is 841 g/mol. The standard InChI is InChI=1S/C43H50F4N12O5/c1-54-37-31(3-2-4-32(37)59(42(54)63)33-9-10-35(60)52-41(33)62)56-17-23(18-56)29-12-14-55(22-43(29,46)47)24-5-7-25(8-6-24)58-20-30(36(53-58)38(44)45)50-40(61)28(16-48)39-49-13-11-34(51-39)57-19-27-15-26(57)21-64-27/h2-4,11,13,16,20,23-27,29,33,38H,5-10,12,14-15,17-19,21-22,48H2,1H3,(H,50,61)(H,52,60,62)/b28-16+/t24?,25?,26-,27-,29?,33?/m1/s1. The highest BCUT2D eigenvalue weighted by Crippen LogP contribution is 2.45. The van der Waals surface area contributed by atoms with Crippen LogP contribution < -0.4 is 31.9 Å². The fourth-order valence-corrected chi connectivity index (χ4v) is 11.0. The minimum absolute atomic E-state index is 0.0539. The number of para-hydroxylation sites is 1. The van der Waals surface area contributed by atoms with E-state index in [0.29, 0.717) is 81.7 Å². The fourth-order valence-electron chi connectivity index (χ4n) is 11.0. The van der Waals surface area contributed by atoms with Crippen LogP contribution in [-0.4, -0.2) is 115 Å². The molecule has 4 aromatic rings. The summed E-state index contributed by atoms with van der Waals surface area (Å²) in [5, 5.41) is 9.06. The number of aryl methyl sites for hydroxylation is 1. The van der Waals surface area contributed by atoms with E-state index in [9.17, 15) is 28.0 Å². The van der Waals surface area contributed by atoms with Gasteiger partial charge in [-0.25, -0.2) is 32.3 Å². The van der Waals surface area contributed by atoms with E-state index in [1.807, 2.05) is 15.9 Å². The summed E-state index contributed by atoms with van der Waals surface area (Å²) in [4.78, 5) is 66.2. The Balaban J connectivity index is 0.750. The number of anilines is 3. The average molecular weight is 891 g/mol. The van der Waals surface area contributed by atoms with Crippen molar-refractivity contribution in [2.24, 2.45) is 24.6 Å². The van der Waals surface area contributed by atoms with Crippen LogP contribution in [0.4, 0.5) is 34.8 Å². The summed E-state index contributed by atoms with van der Waals surface area (Å²) >= 11 is 0. The molecular formula is C43H50F4N12O5. The number of imidazole rings is 1. The van der Waals surface area contributed by atoms with Crippen molar-refractivity contribution < 1.29 is 36.7 Å². The molecule has 8 heterocycles. The van der Waals surface area contributed by atoms with Gasteiger partial charge in [0.15, 0.2) is 11.5 Å². The van der Waals surface area contributed by atoms with E-state index in [-0.39, 0.29) is 78.2 Å². The van der Waals surface area contributed by atoms with Gasteiger partial charge in [0.2, 0.25) is 11.8 Å². The van der Waals surface area contributed by atoms with Crippen LogP contribution in [0.2, 0.25) is 0 Å². The Morgan fingerprint density at radius 1 is 1.03 bits per heavy atom. The van der Waals surface area contributed by atoms with Gasteiger partial charge in [-0.05, 0) is 69.7 Å². The van der Waals surface area contributed by atoms with E-state index in [4.69, 9.17) is 10.5 Å². The van der Waals surface area contributed by atoms with Crippen LogP contribution in [0.15, 0.2) is 47.7 Å². The van der Waals surface area contributed by atoms with Gasteiger partial charge in [0.05, 0.1) is 59.3 Å². The Kier molecular flexibility index (Phi) is 10.7. The van der Waals surface area contributed by atoms with Crippen LogP contribution >= 0.6 is 0 Å². The summed E-state index contributed by atoms with van der Waals surface area (Å²) < 4.78 is 70.9. The molecule has 0 spiro atoms. The third-order valence-corrected chi connectivity index (χ3v) is 14.4. The van der Waals surface area contributed by atoms with Crippen molar-refractivity contribution in [1.82, 2.24) is 39.1 Å². The Morgan fingerprint density at radius 3 is 2.50 bits per heavy atom. The van der Waals surface area contributed by atoms with Gasteiger partial charge in [-0.1, -0.05) is 6.07 Å². The van der Waals surface area contributed by atoms with Gasteiger partial charge in [0, 0.05) is 69.6 Å². The van der Waals surface area contributed by atoms with Crippen LogP contribution in [0.3, 0.4) is 0 Å². The zero-order valence-electron chi connectivity index (χ0n) is 35.2. The molecule has 6 aliphatic rings. The van der Waals surface area contributed by atoms with Gasteiger partial charge in [-0.2, -0.15) is 5.10 Å². The maximum Gasteiger partial charge on any atom is 0.329 e. The highest BCUT2D eigenvalue weighted by molar-refractivity contribution is 6.24. The van der Waals surface area contributed by atoms with Gasteiger partial charge in [0.1, 0.15) is 11.9 Å².